The van der Waals surface area contributed by atoms with Crippen LogP contribution in [0.2, 0.25) is 0 Å². The standard InChI is InChI=1S/C24H21N3O2.ClH/c1-17-15-19(11-13-22(17)28)10-12-21-20(16-18-7-3-2-4-8-18)24(29)27(26-21)23-9-5-6-14-25-23;/h2-15,26,28H,16H2,1H3;1H/b12-10+;. The molecule has 6 heteroatoms. The topological polar surface area (TPSA) is 72.2 Å². The smallest absolute Gasteiger partial charge is 0.363 e. The second-order valence-electron chi connectivity index (χ2n) is 6.93. The summed E-state index contributed by atoms with van der Waals surface area (Å²) in [4.78, 5) is 16.2. The van der Waals surface area contributed by atoms with E-state index in [1.807, 2.05) is 79.7 Å². The quantitative estimate of drug-likeness (QED) is 0.501. The van der Waals surface area contributed by atoms with Gasteiger partial charge in [0.25, 0.3) is 0 Å². The van der Waals surface area contributed by atoms with Crippen LogP contribution >= 0.6 is 0 Å². The molecule has 0 spiro atoms. The number of aryl methyl sites for hydroxylation is 1. The number of aromatic nitrogens is 3. The fraction of sp³-hybridized carbons (Fsp3) is 0.0833. The van der Waals surface area contributed by atoms with E-state index in [9.17, 15) is 9.90 Å². The largest absolute Gasteiger partial charge is 1.00 e. The van der Waals surface area contributed by atoms with E-state index in [1.165, 1.54) is 4.68 Å². The van der Waals surface area contributed by atoms with Gasteiger partial charge in [-0.2, -0.15) is 0 Å². The molecular weight excluding hydrogens is 398 g/mol. The first kappa shape index (κ1) is 21.1. The maximum Gasteiger partial charge on any atom is 0.363 e. The minimum Gasteiger partial charge on any atom is -1.00 e. The molecule has 0 saturated carbocycles. The van der Waals surface area contributed by atoms with E-state index < -0.39 is 0 Å². The molecular formula is C24H22ClN3O2. The zero-order chi connectivity index (χ0) is 20.2. The molecule has 0 bridgehead atoms. The van der Waals surface area contributed by atoms with Crippen molar-refractivity contribution in [1.29, 1.82) is 0 Å². The number of phenols is 1. The number of rotatable bonds is 5. The Balaban J connectivity index is 0.00000256. The van der Waals surface area contributed by atoms with Gasteiger partial charge in [0.2, 0.25) is 0 Å². The molecule has 3 N–H and O–H groups in total. The lowest BCUT2D eigenvalue weighted by Gasteiger charge is -2.00. The maximum absolute atomic E-state index is 13.1. The third-order valence-electron chi connectivity index (χ3n) is 4.84. The SMILES string of the molecule is Cc1cc(/C=C/c2[nH]n(-c3cccc[nH+]3)c(=O)c2Cc2ccccc2)ccc1O.[Cl-]. The highest BCUT2D eigenvalue weighted by Gasteiger charge is 2.20. The van der Waals surface area contributed by atoms with E-state index in [4.69, 9.17) is 0 Å². The summed E-state index contributed by atoms with van der Waals surface area (Å²) in [5.74, 6) is 0.943. The highest BCUT2D eigenvalue weighted by molar-refractivity contribution is 5.70. The number of nitrogens with one attached hydrogen (secondary N) is 2. The van der Waals surface area contributed by atoms with Gasteiger partial charge in [0.15, 0.2) is 0 Å². The van der Waals surface area contributed by atoms with E-state index in [1.54, 1.807) is 12.3 Å². The number of aromatic amines is 2. The van der Waals surface area contributed by atoms with Crippen molar-refractivity contribution in [3.05, 3.63) is 111 Å². The van der Waals surface area contributed by atoms with Gasteiger partial charge in [-0.25, -0.2) is 14.9 Å². The molecule has 0 atom stereocenters. The van der Waals surface area contributed by atoms with Gasteiger partial charge in [-0.15, -0.1) is 0 Å². The molecule has 2 heterocycles. The third kappa shape index (κ3) is 4.53. The number of H-pyrrole nitrogens is 2. The number of hydrogen-bond acceptors (Lipinski definition) is 2. The zero-order valence-electron chi connectivity index (χ0n) is 16.5. The first-order chi connectivity index (χ1) is 14.1. The van der Waals surface area contributed by atoms with E-state index >= 15 is 0 Å². The lowest BCUT2D eigenvalue weighted by Crippen LogP contribution is -3.00. The van der Waals surface area contributed by atoms with E-state index in [0.717, 1.165) is 22.4 Å². The molecule has 0 unspecified atom stereocenters. The number of benzene rings is 2. The Labute approximate surface area is 180 Å². The summed E-state index contributed by atoms with van der Waals surface area (Å²) in [5.41, 5.74) is 4.19. The Morgan fingerprint density at radius 3 is 2.50 bits per heavy atom. The maximum atomic E-state index is 13.1. The van der Waals surface area contributed by atoms with Crippen molar-refractivity contribution in [2.45, 2.75) is 13.3 Å². The molecule has 0 aliphatic carbocycles. The molecule has 4 aromatic rings. The second kappa shape index (κ2) is 9.29. The van der Waals surface area contributed by atoms with Crippen LogP contribution in [-0.4, -0.2) is 14.9 Å². The Morgan fingerprint density at radius 2 is 1.80 bits per heavy atom. The van der Waals surface area contributed by atoms with Crippen LogP contribution in [0.1, 0.15) is 27.9 Å². The van der Waals surface area contributed by atoms with Crippen molar-refractivity contribution in [3.63, 3.8) is 0 Å². The molecule has 2 aromatic heterocycles. The summed E-state index contributed by atoms with van der Waals surface area (Å²) in [7, 11) is 0. The van der Waals surface area contributed by atoms with Crippen LogP contribution in [0.15, 0.2) is 77.7 Å². The number of aromatic hydroxyl groups is 1. The van der Waals surface area contributed by atoms with Crippen molar-refractivity contribution < 1.29 is 22.5 Å². The number of halogens is 1. The minimum atomic E-state index is -0.0853. The van der Waals surface area contributed by atoms with E-state index in [2.05, 4.69) is 10.1 Å². The predicted octanol–water partition coefficient (Wildman–Crippen LogP) is 0.759. The van der Waals surface area contributed by atoms with Gasteiger partial charge in [-0.3, -0.25) is 0 Å². The van der Waals surface area contributed by atoms with Gasteiger partial charge in [0.1, 0.15) is 5.75 Å². The first-order valence-electron chi connectivity index (χ1n) is 9.44. The van der Waals surface area contributed by atoms with Crippen molar-refractivity contribution in [1.82, 2.24) is 9.78 Å². The summed E-state index contributed by atoms with van der Waals surface area (Å²) in [5, 5.41) is 12.9. The normalized spacial score (nSPS) is 10.8. The third-order valence-corrected chi connectivity index (χ3v) is 4.84. The van der Waals surface area contributed by atoms with Crippen LogP contribution in [0.5, 0.6) is 5.75 Å². The number of pyridine rings is 1. The lowest BCUT2D eigenvalue weighted by atomic mass is 10.0. The van der Waals surface area contributed by atoms with Crippen LogP contribution in [0.3, 0.4) is 0 Å². The molecule has 2 aromatic carbocycles. The average Bonchev–Trinajstić information content (AvgIpc) is 3.06. The Bertz CT molecular complexity index is 1210. The van der Waals surface area contributed by atoms with Gasteiger partial charge in [0.05, 0.1) is 17.5 Å². The summed E-state index contributed by atoms with van der Waals surface area (Å²) in [6, 6.07) is 21.0. The molecule has 0 radical (unpaired) electrons. The predicted molar refractivity (Wildman–Crippen MR) is 114 cm³/mol. The average molecular weight is 420 g/mol. The Morgan fingerprint density at radius 1 is 1.03 bits per heavy atom. The highest BCUT2D eigenvalue weighted by atomic mass is 35.5. The minimum absolute atomic E-state index is 0. The fourth-order valence-electron chi connectivity index (χ4n) is 3.25. The van der Waals surface area contributed by atoms with Gasteiger partial charge in [-0.1, -0.05) is 53.2 Å². The molecule has 4 rings (SSSR count). The molecule has 0 aliphatic rings. The van der Waals surface area contributed by atoms with Crippen molar-refractivity contribution in [2.24, 2.45) is 0 Å². The summed E-state index contributed by atoms with van der Waals surface area (Å²) in [6.07, 6.45) is 6.16. The van der Waals surface area contributed by atoms with Gasteiger partial charge >= 0.3 is 11.4 Å². The molecule has 152 valence electrons. The molecule has 30 heavy (non-hydrogen) atoms. The van der Waals surface area contributed by atoms with Crippen molar-refractivity contribution in [2.75, 3.05) is 0 Å². The van der Waals surface area contributed by atoms with Crippen LogP contribution in [0.25, 0.3) is 18.0 Å². The van der Waals surface area contributed by atoms with Crippen LogP contribution in [0, 0.1) is 6.92 Å². The van der Waals surface area contributed by atoms with Crippen LogP contribution < -0.4 is 23.0 Å². The fourth-order valence-corrected chi connectivity index (χ4v) is 3.25. The number of phenolic OH excluding ortho intramolecular Hbond substituents is 1. The van der Waals surface area contributed by atoms with Gasteiger partial charge in [0, 0.05) is 12.5 Å². The Hall–Kier alpha value is -3.57. The molecule has 0 fully saturated rings. The molecule has 0 amide bonds. The number of nitrogens with zero attached hydrogens (tertiary/aromatic N) is 1. The van der Waals surface area contributed by atoms with E-state index in [0.29, 0.717) is 17.8 Å². The zero-order valence-corrected chi connectivity index (χ0v) is 17.2. The Kier molecular flexibility index (Phi) is 6.54. The molecule has 0 aliphatic heterocycles. The molecule has 5 nitrogen and oxygen atoms in total. The monoisotopic (exact) mass is 419 g/mol. The lowest BCUT2D eigenvalue weighted by molar-refractivity contribution is -0.374. The summed E-state index contributed by atoms with van der Waals surface area (Å²) in [6.45, 7) is 1.86. The highest BCUT2D eigenvalue weighted by Crippen LogP contribution is 2.19. The van der Waals surface area contributed by atoms with Crippen molar-refractivity contribution in [3.8, 4) is 11.6 Å². The number of hydrogen-bond donors (Lipinski definition) is 2. The first-order valence-corrected chi connectivity index (χ1v) is 9.44. The summed E-state index contributed by atoms with van der Waals surface area (Å²) >= 11 is 0. The van der Waals surface area contributed by atoms with Gasteiger partial charge in [-0.05, 0) is 47.9 Å². The van der Waals surface area contributed by atoms with E-state index in [-0.39, 0.29) is 23.7 Å². The summed E-state index contributed by atoms with van der Waals surface area (Å²) < 4.78 is 1.53. The van der Waals surface area contributed by atoms with Crippen LogP contribution in [-0.2, 0) is 6.42 Å². The van der Waals surface area contributed by atoms with Crippen molar-refractivity contribution >= 4 is 12.2 Å². The van der Waals surface area contributed by atoms with Gasteiger partial charge < -0.3 is 17.5 Å². The van der Waals surface area contributed by atoms with Crippen LogP contribution in [0.4, 0.5) is 0 Å². The molecule has 0 saturated heterocycles. The second-order valence-corrected chi connectivity index (χ2v) is 6.93.